The van der Waals surface area contributed by atoms with Crippen LogP contribution in [0, 0.1) is 6.92 Å². The number of hydrogen-bond donors (Lipinski definition) is 1. The Bertz CT molecular complexity index is 395. The first kappa shape index (κ1) is 12.4. The molecule has 1 heterocycles. The normalized spacial score (nSPS) is 16.8. The summed E-state index contributed by atoms with van der Waals surface area (Å²) in [7, 11) is 3.90. The molecule has 94 valence electrons. The van der Waals surface area contributed by atoms with Crippen molar-refractivity contribution in [3.8, 4) is 0 Å². The molecule has 1 aliphatic carbocycles. The van der Waals surface area contributed by atoms with Gasteiger partial charge < -0.3 is 10.2 Å². The topological polar surface area (TPSA) is 40.5 Å². The Labute approximate surface area is 107 Å². The first-order valence-electron chi connectivity index (χ1n) is 6.04. The van der Waals surface area contributed by atoms with Crippen LogP contribution in [0.1, 0.15) is 30.0 Å². The highest BCUT2D eigenvalue weighted by molar-refractivity contribution is 7.09. The van der Waals surface area contributed by atoms with Gasteiger partial charge in [0.15, 0.2) is 5.96 Å². The van der Waals surface area contributed by atoms with Gasteiger partial charge >= 0.3 is 0 Å². The Morgan fingerprint density at radius 3 is 2.88 bits per heavy atom. The number of rotatable bonds is 3. The highest BCUT2D eigenvalue weighted by Gasteiger charge is 2.20. The molecule has 0 amide bonds. The summed E-state index contributed by atoms with van der Waals surface area (Å²) in [5.41, 5.74) is 1.12. The predicted molar refractivity (Wildman–Crippen MR) is 72.5 cm³/mol. The zero-order valence-electron chi connectivity index (χ0n) is 10.7. The summed E-state index contributed by atoms with van der Waals surface area (Å²) < 4.78 is 0. The van der Waals surface area contributed by atoms with Crippen LogP contribution in [0.4, 0.5) is 0 Å². The first-order valence-corrected chi connectivity index (χ1v) is 6.92. The fourth-order valence-electron chi connectivity index (χ4n) is 1.88. The minimum Gasteiger partial charge on any atom is -0.354 e. The third-order valence-corrected chi connectivity index (χ3v) is 3.90. The van der Waals surface area contributed by atoms with Crippen LogP contribution in [-0.4, -0.2) is 36.0 Å². The number of thiazole rings is 1. The highest BCUT2D eigenvalue weighted by Crippen LogP contribution is 2.18. The summed E-state index contributed by atoms with van der Waals surface area (Å²) in [4.78, 5) is 10.9. The molecule has 17 heavy (non-hydrogen) atoms. The molecule has 1 aromatic rings. The van der Waals surface area contributed by atoms with Crippen LogP contribution in [-0.2, 0) is 6.54 Å². The average Bonchev–Trinajstić information content (AvgIpc) is 2.62. The molecule has 1 fully saturated rings. The first-order chi connectivity index (χ1) is 8.19. The van der Waals surface area contributed by atoms with E-state index < -0.39 is 0 Å². The van der Waals surface area contributed by atoms with Crippen molar-refractivity contribution in [3.63, 3.8) is 0 Å². The number of aryl methyl sites for hydroxylation is 1. The van der Waals surface area contributed by atoms with Crippen LogP contribution in [0.15, 0.2) is 10.4 Å². The summed E-state index contributed by atoms with van der Waals surface area (Å²) in [5, 5.41) is 6.72. The zero-order valence-corrected chi connectivity index (χ0v) is 11.5. The van der Waals surface area contributed by atoms with Crippen LogP contribution in [0.3, 0.4) is 0 Å². The second-order valence-electron chi connectivity index (χ2n) is 4.53. The molecular formula is C12H20N4S. The zero-order chi connectivity index (χ0) is 12.3. The van der Waals surface area contributed by atoms with E-state index in [1.54, 1.807) is 11.3 Å². The maximum Gasteiger partial charge on any atom is 0.193 e. The van der Waals surface area contributed by atoms with Gasteiger partial charge in [-0.3, -0.25) is 4.99 Å². The monoisotopic (exact) mass is 252 g/mol. The molecule has 0 bridgehead atoms. The van der Waals surface area contributed by atoms with Crippen molar-refractivity contribution in [2.45, 2.75) is 38.8 Å². The van der Waals surface area contributed by atoms with E-state index in [0.717, 1.165) is 23.2 Å². The van der Waals surface area contributed by atoms with Crippen molar-refractivity contribution in [2.24, 2.45) is 4.99 Å². The Hall–Kier alpha value is -1.10. The van der Waals surface area contributed by atoms with E-state index in [-0.39, 0.29) is 0 Å². The maximum atomic E-state index is 4.47. The molecule has 1 saturated carbocycles. The molecule has 0 atom stereocenters. The van der Waals surface area contributed by atoms with Crippen molar-refractivity contribution >= 4 is 17.3 Å². The average molecular weight is 252 g/mol. The minimum atomic E-state index is 0.619. The predicted octanol–water partition coefficient (Wildman–Crippen LogP) is 2.01. The van der Waals surface area contributed by atoms with Crippen LogP contribution < -0.4 is 5.32 Å². The number of aliphatic imine (C=N–C) groups is 1. The third kappa shape index (κ3) is 3.19. The Morgan fingerprint density at radius 2 is 2.41 bits per heavy atom. The fraction of sp³-hybridized carbons (Fsp3) is 0.667. The van der Waals surface area contributed by atoms with Crippen LogP contribution in [0.25, 0.3) is 0 Å². The largest absolute Gasteiger partial charge is 0.354 e. The molecular weight excluding hydrogens is 232 g/mol. The molecule has 0 radical (unpaired) electrons. The smallest absolute Gasteiger partial charge is 0.193 e. The van der Waals surface area contributed by atoms with E-state index in [2.05, 4.69) is 32.6 Å². The van der Waals surface area contributed by atoms with Crippen molar-refractivity contribution in [1.29, 1.82) is 0 Å². The van der Waals surface area contributed by atoms with Crippen LogP contribution in [0.2, 0.25) is 0 Å². The standard InChI is InChI=1S/C12H20N4S/c1-9-14-11(8-17-9)7-16(3)12(13-2)15-10-5-4-6-10/h8,10H,4-7H2,1-3H3,(H,13,15). The summed E-state index contributed by atoms with van der Waals surface area (Å²) in [5.74, 6) is 0.973. The summed E-state index contributed by atoms with van der Waals surface area (Å²) in [6.07, 6.45) is 3.87. The molecule has 4 nitrogen and oxygen atoms in total. The van der Waals surface area contributed by atoms with Crippen LogP contribution >= 0.6 is 11.3 Å². The van der Waals surface area contributed by atoms with E-state index in [4.69, 9.17) is 0 Å². The number of aromatic nitrogens is 1. The van der Waals surface area contributed by atoms with Crippen molar-refractivity contribution in [3.05, 3.63) is 16.1 Å². The Balaban J connectivity index is 1.90. The molecule has 0 aromatic carbocycles. The Morgan fingerprint density at radius 1 is 1.65 bits per heavy atom. The molecule has 0 saturated heterocycles. The second kappa shape index (κ2) is 5.49. The molecule has 1 aromatic heterocycles. The fourth-order valence-corrected chi connectivity index (χ4v) is 2.48. The van der Waals surface area contributed by atoms with Gasteiger partial charge in [0.1, 0.15) is 0 Å². The van der Waals surface area contributed by atoms with Gasteiger partial charge in [-0.1, -0.05) is 0 Å². The Kier molecular flexibility index (Phi) is 3.99. The third-order valence-electron chi connectivity index (χ3n) is 3.08. The molecule has 5 heteroatoms. The van der Waals surface area contributed by atoms with Gasteiger partial charge in [0.05, 0.1) is 17.2 Å². The molecule has 1 N–H and O–H groups in total. The van der Waals surface area contributed by atoms with Crippen molar-refractivity contribution in [1.82, 2.24) is 15.2 Å². The van der Waals surface area contributed by atoms with Gasteiger partial charge in [0.25, 0.3) is 0 Å². The number of hydrogen-bond acceptors (Lipinski definition) is 3. The summed E-state index contributed by atoms with van der Waals surface area (Å²) >= 11 is 1.70. The van der Waals surface area contributed by atoms with E-state index in [0.29, 0.717) is 6.04 Å². The van der Waals surface area contributed by atoms with E-state index in [9.17, 15) is 0 Å². The summed E-state index contributed by atoms with van der Waals surface area (Å²) in [6.45, 7) is 2.85. The van der Waals surface area contributed by atoms with E-state index >= 15 is 0 Å². The lowest BCUT2D eigenvalue weighted by molar-refractivity contribution is 0.359. The second-order valence-corrected chi connectivity index (χ2v) is 5.60. The van der Waals surface area contributed by atoms with Crippen LogP contribution in [0.5, 0.6) is 0 Å². The van der Waals surface area contributed by atoms with Gasteiger partial charge in [-0.2, -0.15) is 0 Å². The van der Waals surface area contributed by atoms with Gasteiger partial charge in [-0.25, -0.2) is 4.98 Å². The van der Waals surface area contributed by atoms with Crippen molar-refractivity contribution in [2.75, 3.05) is 14.1 Å². The molecule has 0 unspecified atom stereocenters. The lowest BCUT2D eigenvalue weighted by Gasteiger charge is -2.31. The molecule has 1 aliphatic rings. The number of guanidine groups is 1. The van der Waals surface area contributed by atoms with Gasteiger partial charge in [0, 0.05) is 25.5 Å². The van der Waals surface area contributed by atoms with Crippen molar-refractivity contribution < 1.29 is 0 Å². The number of nitrogens with zero attached hydrogens (tertiary/aromatic N) is 3. The van der Waals surface area contributed by atoms with Gasteiger partial charge in [0.2, 0.25) is 0 Å². The molecule has 0 spiro atoms. The van der Waals surface area contributed by atoms with Gasteiger partial charge in [-0.05, 0) is 26.2 Å². The highest BCUT2D eigenvalue weighted by atomic mass is 32.1. The summed E-state index contributed by atoms with van der Waals surface area (Å²) in [6, 6.07) is 0.619. The molecule has 2 rings (SSSR count). The SMILES string of the molecule is CN=C(NC1CCC1)N(C)Cc1csc(C)n1. The van der Waals surface area contributed by atoms with Gasteiger partial charge in [-0.15, -0.1) is 11.3 Å². The lowest BCUT2D eigenvalue weighted by Crippen LogP contribution is -2.46. The lowest BCUT2D eigenvalue weighted by atomic mass is 9.93. The van der Waals surface area contributed by atoms with E-state index in [1.165, 1.54) is 19.3 Å². The quantitative estimate of drug-likeness (QED) is 0.661. The molecule has 0 aliphatic heterocycles. The maximum absolute atomic E-state index is 4.47. The van der Waals surface area contributed by atoms with E-state index in [1.807, 2.05) is 14.0 Å². The number of nitrogens with one attached hydrogen (secondary N) is 1. The minimum absolute atomic E-state index is 0.619.